The molecular weight excluding hydrogens is 507 g/mol. The van der Waals surface area contributed by atoms with Crippen LogP contribution in [0.1, 0.15) is 23.9 Å². The largest absolute Gasteiger partial charge is 0.459 e. The molecule has 1 aliphatic heterocycles. The first-order valence-corrected chi connectivity index (χ1v) is 9.77. The van der Waals surface area contributed by atoms with Crippen LogP contribution in [0.5, 0.6) is 0 Å². The molecule has 1 atom stereocenters. The van der Waals surface area contributed by atoms with Crippen LogP contribution in [0.3, 0.4) is 0 Å². The maximum atomic E-state index is 11.8. The number of pyridine rings is 1. The van der Waals surface area contributed by atoms with Gasteiger partial charge in [-0.15, -0.1) is 24.0 Å². The maximum absolute atomic E-state index is 11.8. The number of rotatable bonds is 7. The summed E-state index contributed by atoms with van der Waals surface area (Å²) in [5, 5.41) is 10.1. The van der Waals surface area contributed by atoms with Gasteiger partial charge in [-0.2, -0.15) is 0 Å². The van der Waals surface area contributed by atoms with Gasteiger partial charge in [0.1, 0.15) is 5.82 Å². The number of anilines is 1. The highest BCUT2D eigenvalue weighted by molar-refractivity contribution is 14.0. The summed E-state index contributed by atoms with van der Waals surface area (Å²) >= 11 is 6.25. The van der Waals surface area contributed by atoms with Crippen molar-refractivity contribution in [3.05, 3.63) is 47.5 Å². The van der Waals surface area contributed by atoms with E-state index in [0.29, 0.717) is 23.9 Å². The third kappa shape index (κ3) is 6.77. The van der Waals surface area contributed by atoms with Gasteiger partial charge in [-0.1, -0.05) is 11.6 Å². The summed E-state index contributed by atoms with van der Waals surface area (Å²) in [4.78, 5) is 22.9. The van der Waals surface area contributed by atoms with Crippen molar-refractivity contribution >= 4 is 53.3 Å². The molecule has 2 aromatic heterocycles. The van der Waals surface area contributed by atoms with E-state index in [0.717, 1.165) is 37.8 Å². The second kappa shape index (κ2) is 11.9. The molecule has 10 heteroatoms. The van der Waals surface area contributed by atoms with Crippen molar-refractivity contribution in [2.24, 2.45) is 4.99 Å². The molecule has 29 heavy (non-hydrogen) atoms. The van der Waals surface area contributed by atoms with Gasteiger partial charge in [0.2, 0.25) is 0 Å². The Morgan fingerprint density at radius 3 is 2.97 bits per heavy atom. The fourth-order valence-electron chi connectivity index (χ4n) is 3.03. The van der Waals surface area contributed by atoms with E-state index in [4.69, 9.17) is 16.0 Å². The maximum Gasteiger partial charge on any atom is 0.287 e. The highest BCUT2D eigenvalue weighted by Gasteiger charge is 2.25. The molecule has 0 bridgehead atoms. The van der Waals surface area contributed by atoms with Crippen molar-refractivity contribution < 1.29 is 9.21 Å². The fraction of sp³-hybridized carbons (Fsp3) is 0.421. The fourth-order valence-corrected chi connectivity index (χ4v) is 3.27. The number of carbonyl (C=O) groups excluding carboxylic acids is 1. The monoisotopic (exact) mass is 532 g/mol. The highest BCUT2D eigenvalue weighted by Crippen LogP contribution is 2.25. The van der Waals surface area contributed by atoms with Crippen molar-refractivity contribution in [2.45, 2.75) is 19.4 Å². The van der Waals surface area contributed by atoms with Gasteiger partial charge < -0.3 is 25.3 Å². The van der Waals surface area contributed by atoms with Crippen LogP contribution in [-0.4, -0.2) is 55.6 Å². The summed E-state index contributed by atoms with van der Waals surface area (Å²) in [5.41, 5.74) is 0. The Bertz CT molecular complexity index is 802. The number of amides is 1. The van der Waals surface area contributed by atoms with E-state index in [9.17, 15) is 4.79 Å². The normalized spacial score (nSPS) is 16.3. The second-order valence-electron chi connectivity index (χ2n) is 6.38. The quantitative estimate of drug-likeness (QED) is 0.220. The van der Waals surface area contributed by atoms with Crippen LogP contribution in [0.15, 0.2) is 46.1 Å². The van der Waals surface area contributed by atoms with Gasteiger partial charge in [0.05, 0.1) is 17.8 Å². The average molecular weight is 533 g/mol. The molecule has 0 saturated carbocycles. The van der Waals surface area contributed by atoms with Crippen molar-refractivity contribution in [3.63, 3.8) is 0 Å². The van der Waals surface area contributed by atoms with Crippen molar-refractivity contribution in [3.8, 4) is 0 Å². The Balaban J connectivity index is 0.00000300. The molecule has 3 heterocycles. The molecule has 0 radical (unpaired) electrons. The van der Waals surface area contributed by atoms with Gasteiger partial charge in [0.25, 0.3) is 5.91 Å². The molecule has 1 aliphatic rings. The van der Waals surface area contributed by atoms with E-state index < -0.39 is 0 Å². The van der Waals surface area contributed by atoms with Gasteiger partial charge in [0.15, 0.2) is 11.7 Å². The average Bonchev–Trinajstić information content (AvgIpc) is 3.38. The van der Waals surface area contributed by atoms with Gasteiger partial charge in [-0.25, -0.2) is 4.98 Å². The Morgan fingerprint density at radius 2 is 2.24 bits per heavy atom. The van der Waals surface area contributed by atoms with E-state index >= 15 is 0 Å². The van der Waals surface area contributed by atoms with Crippen LogP contribution in [0.4, 0.5) is 5.82 Å². The van der Waals surface area contributed by atoms with E-state index in [1.54, 1.807) is 18.3 Å². The number of furan rings is 1. The van der Waals surface area contributed by atoms with Gasteiger partial charge >= 0.3 is 0 Å². The van der Waals surface area contributed by atoms with Gasteiger partial charge in [0, 0.05) is 38.4 Å². The number of aliphatic imine (C=N–C) groups is 1. The molecule has 3 N–H and O–H groups in total. The van der Waals surface area contributed by atoms with Crippen LogP contribution in [0.25, 0.3) is 0 Å². The molecule has 8 nitrogen and oxygen atoms in total. The predicted molar refractivity (Wildman–Crippen MR) is 125 cm³/mol. The molecule has 2 aromatic rings. The van der Waals surface area contributed by atoms with E-state index in [-0.39, 0.29) is 35.9 Å². The molecule has 0 aliphatic carbocycles. The van der Waals surface area contributed by atoms with Crippen LogP contribution < -0.4 is 20.9 Å². The molecule has 158 valence electrons. The lowest BCUT2D eigenvalue weighted by atomic mass is 10.3. The Morgan fingerprint density at radius 1 is 1.38 bits per heavy atom. The lowest BCUT2D eigenvalue weighted by molar-refractivity contribution is 0.0927. The van der Waals surface area contributed by atoms with Crippen molar-refractivity contribution in [2.75, 3.05) is 37.6 Å². The zero-order chi connectivity index (χ0) is 19.8. The highest BCUT2D eigenvalue weighted by atomic mass is 127. The molecule has 0 spiro atoms. The lowest BCUT2D eigenvalue weighted by Gasteiger charge is -2.20. The topological polar surface area (TPSA) is 94.8 Å². The van der Waals surface area contributed by atoms with Gasteiger partial charge in [-0.05, 0) is 37.6 Å². The zero-order valence-electron chi connectivity index (χ0n) is 16.2. The molecular formula is C19H26ClIN6O2. The number of nitrogens with zero attached hydrogens (tertiary/aromatic N) is 3. The number of guanidine groups is 1. The van der Waals surface area contributed by atoms with Crippen LogP contribution in [-0.2, 0) is 0 Å². The second-order valence-corrected chi connectivity index (χ2v) is 6.79. The molecule has 1 unspecified atom stereocenters. The van der Waals surface area contributed by atoms with E-state index in [1.165, 1.54) is 6.26 Å². The zero-order valence-corrected chi connectivity index (χ0v) is 19.3. The summed E-state index contributed by atoms with van der Waals surface area (Å²) in [6.07, 6.45) is 4.19. The summed E-state index contributed by atoms with van der Waals surface area (Å²) in [5.74, 6) is 1.61. The minimum Gasteiger partial charge on any atom is -0.459 e. The van der Waals surface area contributed by atoms with E-state index in [1.807, 2.05) is 19.1 Å². The Hall–Kier alpha value is -2.01. The Kier molecular flexibility index (Phi) is 9.52. The number of carbonyl (C=O) groups is 1. The van der Waals surface area contributed by atoms with Crippen LogP contribution in [0, 0.1) is 0 Å². The molecule has 1 saturated heterocycles. The van der Waals surface area contributed by atoms with Gasteiger partial charge in [-0.3, -0.25) is 9.79 Å². The lowest BCUT2D eigenvalue weighted by Crippen LogP contribution is -2.45. The van der Waals surface area contributed by atoms with Crippen LogP contribution >= 0.6 is 35.6 Å². The number of hydrogen-bond acceptors (Lipinski definition) is 5. The first-order chi connectivity index (χ1) is 13.7. The number of aromatic nitrogens is 1. The molecule has 1 amide bonds. The smallest absolute Gasteiger partial charge is 0.287 e. The number of halogens is 2. The summed E-state index contributed by atoms with van der Waals surface area (Å²) in [6.45, 7) is 5.35. The summed E-state index contributed by atoms with van der Waals surface area (Å²) in [6, 6.07) is 7.24. The standard InChI is InChI=1S/C19H25ClN6O2.HI/c1-2-21-19(24-10-9-23-18(27)16-6-4-12-28-16)25-14-7-11-26(13-14)17-15(20)5-3-8-22-17;/h3-6,8,12,14H,2,7,9-11,13H2,1H3,(H,23,27)(H2,21,24,25);1H. The summed E-state index contributed by atoms with van der Waals surface area (Å²) < 4.78 is 5.06. The molecule has 1 fully saturated rings. The first kappa shape index (κ1) is 23.3. The van der Waals surface area contributed by atoms with Crippen molar-refractivity contribution in [1.82, 2.24) is 20.9 Å². The van der Waals surface area contributed by atoms with Crippen molar-refractivity contribution in [1.29, 1.82) is 0 Å². The van der Waals surface area contributed by atoms with Crippen LogP contribution in [0.2, 0.25) is 5.02 Å². The minimum atomic E-state index is -0.239. The first-order valence-electron chi connectivity index (χ1n) is 9.39. The third-order valence-electron chi connectivity index (χ3n) is 4.32. The number of hydrogen-bond donors (Lipinski definition) is 3. The van der Waals surface area contributed by atoms with E-state index in [2.05, 4.69) is 30.8 Å². The number of nitrogens with one attached hydrogen (secondary N) is 3. The summed E-state index contributed by atoms with van der Waals surface area (Å²) in [7, 11) is 0. The SMILES string of the molecule is CCNC(=NCCNC(=O)c1ccco1)NC1CCN(c2ncccc2Cl)C1.I. The third-order valence-corrected chi connectivity index (χ3v) is 4.62. The molecule has 0 aromatic carbocycles. The minimum absolute atomic E-state index is 0. The molecule has 3 rings (SSSR count). The Labute approximate surface area is 192 Å². The predicted octanol–water partition coefficient (Wildman–Crippen LogP) is 2.51.